The second kappa shape index (κ2) is 2.80. The van der Waals surface area contributed by atoms with Crippen LogP contribution in [0.5, 0.6) is 0 Å². The maximum absolute atomic E-state index is 10.6. The Morgan fingerprint density at radius 2 is 2.75 bits per heavy atom. The zero-order valence-corrected chi connectivity index (χ0v) is 6.30. The van der Waals surface area contributed by atoms with Crippen molar-refractivity contribution in [3.05, 3.63) is 12.4 Å². The summed E-state index contributed by atoms with van der Waals surface area (Å²) >= 11 is 0. The lowest BCUT2D eigenvalue weighted by Gasteiger charge is -2.05. The Morgan fingerprint density at radius 3 is 3.33 bits per heavy atom. The first kappa shape index (κ1) is 7.08. The van der Waals surface area contributed by atoms with Gasteiger partial charge >= 0.3 is 6.09 Å². The van der Waals surface area contributed by atoms with Crippen molar-refractivity contribution >= 4 is 6.09 Å². The molecule has 1 N–H and O–H groups in total. The lowest BCUT2D eigenvalue weighted by molar-refractivity contribution is 0.128. The fourth-order valence-corrected chi connectivity index (χ4v) is 1.07. The van der Waals surface area contributed by atoms with E-state index in [2.05, 4.69) is 15.6 Å². The Hall–Kier alpha value is -1.59. The number of cyclic esters (lactones) is 1. The molecule has 1 unspecified atom stereocenters. The molecule has 1 atom stereocenters. The normalized spacial score (nSPS) is 22.0. The van der Waals surface area contributed by atoms with Gasteiger partial charge in [-0.25, -0.2) is 9.48 Å². The molecule has 6 heteroatoms. The minimum absolute atomic E-state index is 0.126. The van der Waals surface area contributed by atoms with Crippen molar-refractivity contribution in [2.75, 3.05) is 6.54 Å². The van der Waals surface area contributed by atoms with E-state index in [9.17, 15) is 4.79 Å². The largest absolute Gasteiger partial charge is 0.442 e. The first-order valence-corrected chi connectivity index (χ1v) is 3.63. The Kier molecular flexibility index (Phi) is 1.65. The van der Waals surface area contributed by atoms with E-state index in [-0.39, 0.29) is 12.2 Å². The van der Waals surface area contributed by atoms with Gasteiger partial charge in [-0.05, 0) is 0 Å². The van der Waals surface area contributed by atoms with Crippen molar-refractivity contribution in [2.45, 2.75) is 12.6 Å². The maximum Gasteiger partial charge on any atom is 0.407 e. The zero-order valence-electron chi connectivity index (χ0n) is 6.30. The summed E-state index contributed by atoms with van der Waals surface area (Å²) in [7, 11) is 0. The van der Waals surface area contributed by atoms with Gasteiger partial charge in [0.05, 0.1) is 19.3 Å². The minimum atomic E-state index is -0.361. The summed E-state index contributed by atoms with van der Waals surface area (Å²) in [6.45, 7) is 1.09. The van der Waals surface area contributed by atoms with Crippen LogP contribution in [0.4, 0.5) is 4.79 Å². The van der Waals surface area contributed by atoms with Crippen LogP contribution >= 0.6 is 0 Å². The third-order valence-electron chi connectivity index (χ3n) is 1.61. The molecule has 64 valence electrons. The lowest BCUT2D eigenvalue weighted by atomic mass is 10.4. The first-order chi connectivity index (χ1) is 5.84. The summed E-state index contributed by atoms with van der Waals surface area (Å²) in [6, 6.07) is 0. The molecule has 1 saturated heterocycles. The standard InChI is InChI=1S/C6H8N4O2/c11-6-7-3-5(12-6)4-10-2-1-8-9-10/h1-2,5H,3-4H2,(H,7,11). The van der Waals surface area contributed by atoms with Crippen molar-refractivity contribution in [3.63, 3.8) is 0 Å². The molecule has 0 aliphatic carbocycles. The lowest BCUT2D eigenvalue weighted by Crippen LogP contribution is -2.20. The summed E-state index contributed by atoms with van der Waals surface area (Å²) in [5.74, 6) is 0. The smallest absolute Gasteiger partial charge is 0.407 e. The van der Waals surface area contributed by atoms with E-state index in [1.807, 2.05) is 0 Å². The van der Waals surface area contributed by atoms with Crippen molar-refractivity contribution in [1.29, 1.82) is 0 Å². The first-order valence-electron chi connectivity index (χ1n) is 3.63. The average Bonchev–Trinajstić information content (AvgIpc) is 2.63. The van der Waals surface area contributed by atoms with Crippen molar-refractivity contribution in [2.24, 2.45) is 0 Å². The van der Waals surface area contributed by atoms with Crippen LogP contribution in [0.1, 0.15) is 0 Å². The van der Waals surface area contributed by atoms with Crippen LogP contribution in [-0.4, -0.2) is 33.7 Å². The molecular formula is C6H8N4O2. The van der Waals surface area contributed by atoms with E-state index in [1.54, 1.807) is 17.1 Å². The van der Waals surface area contributed by atoms with Gasteiger partial charge in [0.2, 0.25) is 0 Å². The fraction of sp³-hybridized carbons (Fsp3) is 0.500. The van der Waals surface area contributed by atoms with Crippen molar-refractivity contribution in [3.8, 4) is 0 Å². The number of hydrogen-bond acceptors (Lipinski definition) is 4. The number of amides is 1. The number of nitrogens with zero attached hydrogens (tertiary/aromatic N) is 3. The summed E-state index contributed by atoms with van der Waals surface area (Å²) in [5.41, 5.74) is 0. The number of hydrogen-bond donors (Lipinski definition) is 1. The molecule has 1 aromatic heterocycles. The predicted molar refractivity (Wildman–Crippen MR) is 38.3 cm³/mol. The molecule has 0 spiro atoms. The van der Waals surface area contributed by atoms with Gasteiger partial charge < -0.3 is 10.1 Å². The van der Waals surface area contributed by atoms with Gasteiger partial charge in [-0.1, -0.05) is 5.21 Å². The van der Waals surface area contributed by atoms with Gasteiger partial charge in [0.15, 0.2) is 0 Å². The van der Waals surface area contributed by atoms with E-state index in [4.69, 9.17) is 4.74 Å². The van der Waals surface area contributed by atoms with Crippen molar-refractivity contribution in [1.82, 2.24) is 20.3 Å². The third-order valence-corrected chi connectivity index (χ3v) is 1.61. The molecule has 12 heavy (non-hydrogen) atoms. The van der Waals surface area contributed by atoms with Crippen LogP contribution < -0.4 is 5.32 Å². The predicted octanol–water partition coefficient (Wildman–Crippen LogP) is -0.614. The van der Waals surface area contributed by atoms with Gasteiger partial charge in [-0.15, -0.1) is 5.10 Å². The molecule has 1 fully saturated rings. The van der Waals surface area contributed by atoms with Crippen LogP contribution in [0, 0.1) is 0 Å². The quantitative estimate of drug-likeness (QED) is 0.639. The highest BCUT2D eigenvalue weighted by Gasteiger charge is 2.22. The van der Waals surface area contributed by atoms with E-state index in [1.165, 1.54) is 0 Å². The number of carbonyl (C=O) groups is 1. The number of ether oxygens (including phenoxy) is 1. The molecule has 6 nitrogen and oxygen atoms in total. The molecule has 0 aromatic carbocycles. The van der Waals surface area contributed by atoms with Crippen LogP contribution in [0.2, 0.25) is 0 Å². The topological polar surface area (TPSA) is 69.0 Å². The molecule has 0 saturated carbocycles. The second-order valence-electron chi connectivity index (χ2n) is 2.53. The molecule has 2 rings (SSSR count). The highest BCUT2D eigenvalue weighted by Crippen LogP contribution is 2.01. The van der Waals surface area contributed by atoms with Gasteiger partial charge in [-0.2, -0.15) is 0 Å². The van der Waals surface area contributed by atoms with E-state index in [0.29, 0.717) is 13.1 Å². The van der Waals surface area contributed by atoms with Crippen molar-refractivity contribution < 1.29 is 9.53 Å². The molecule has 1 aromatic rings. The zero-order chi connectivity index (χ0) is 8.39. The summed E-state index contributed by atoms with van der Waals surface area (Å²) in [6.07, 6.45) is 2.83. The minimum Gasteiger partial charge on any atom is -0.442 e. The third kappa shape index (κ3) is 1.36. The highest BCUT2D eigenvalue weighted by atomic mass is 16.6. The fourth-order valence-electron chi connectivity index (χ4n) is 1.07. The molecule has 0 bridgehead atoms. The summed E-state index contributed by atoms with van der Waals surface area (Å²) < 4.78 is 6.53. The molecule has 1 amide bonds. The van der Waals surface area contributed by atoms with Crippen LogP contribution in [0.15, 0.2) is 12.4 Å². The van der Waals surface area contributed by atoms with Crippen LogP contribution in [0.25, 0.3) is 0 Å². The van der Waals surface area contributed by atoms with Gasteiger partial charge in [0, 0.05) is 6.20 Å². The van der Waals surface area contributed by atoms with Gasteiger partial charge in [0.25, 0.3) is 0 Å². The molecule has 2 heterocycles. The monoisotopic (exact) mass is 168 g/mol. The number of aromatic nitrogens is 3. The van der Waals surface area contributed by atoms with E-state index in [0.717, 1.165) is 0 Å². The molecule has 1 aliphatic rings. The Balaban J connectivity index is 1.92. The SMILES string of the molecule is O=C1NCC(Cn2ccnn2)O1. The Bertz CT molecular complexity index is 271. The maximum atomic E-state index is 10.6. The highest BCUT2D eigenvalue weighted by molar-refractivity contribution is 5.69. The number of nitrogens with one attached hydrogen (secondary N) is 1. The van der Waals surface area contributed by atoms with Gasteiger partial charge in [-0.3, -0.25) is 0 Å². The van der Waals surface area contributed by atoms with Gasteiger partial charge in [0.1, 0.15) is 6.10 Å². The van der Waals surface area contributed by atoms with E-state index >= 15 is 0 Å². The molecule has 0 radical (unpaired) electrons. The second-order valence-corrected chi connectivity index (χ2v) is 2.53. The average molecular weight is 168 g/mol. The van der Waals surface area contributed by atoms with E-state index < -0.39 is 0 Å². The summed E-state index contributed by atoms with van der Waals surface area (Å²) in [5, 5.41) is 9.95. The van der Waals surface area contributed by atoms with Crippen LogP contribution in [-0.2, 0) is 11.3 Å². The Morgan fingerprint density at radius 1 is 1.83 bits per heavy atom. The molecular weight excluding hydrogens is 160 g/mol. The number of alkyl carbamates (subject to hydrolysis) is 1. The molecule has 1 aliphatic heterocycles. The number of carbonyl (C=O) groups excluding carboxylic acids is 1. The number of rotatable bonds is 2. The van der Waals surface area contributed by atoms with Crippen LogP contribution in [0.3, 0.4) is 0 Å². The Labute approximate surface area is 68.5 Å². The summed E-state index contributed by atoms with van der Waals surface area (Å²) in [4.78, 5) is 10.6.